The number of rotatable bonds is 5. The predicted octanol–water partition coefficient (Wildman–Crippen LogP) is 3.32. The molecule has 4 rings (SSSR count). The van der Waals surface area contributed by atoms with E-state index in [4.69, 9.17) is 26.4 Å². The minimum absolute atomic E-state index is 0.270. The van der Waals surface area contributed by atoms with E-state index in [1.807, 2.05) is 47.0 Å². The molecular weight excluding hydrogens is 338 g/mol. The van der Waals surface area contributed by atoms with E-state index in [0.717, 1.165) is 34.2 Å². The highest BCUT2D eigenvalue weighted by Crippen LogP contribution is 2.32. The molecule has 0 saturated carbocycles. The quantitative estimate of drug-likeness (QED) is 0.712. The first-order valence-electron chi connectivity index (χ1n) is 7.88. The van der Waals surface area contributed by atoms with Crippen LogP contribution in [-0.2, 0) is 13.0 Å². The number of fused-ring (bicyclic) bond motifs is 1. The topological polar surface area (TPSA) is 61.3 Å². The maximum absolute atomic E-state index is 5.44. The Kier molecular flexibility index (Phi) is 4.15. The third kappa shape index (κ3) is 3.23. The summed E-state index contributed by atoms with van der Waals surface area (Å²) in [7, 11) is 1.66. The van der Waals surface area contributed by atoms with Crippen LogP contribution in [0.3, 0.4) is 0 Å². The van der Waals surface area contributed by atoms with Crippen molar-refractivity contribution in [1.82, 2.24) is 14.8 Å². The largest absolute Gasteiger partial charge is 0.497 e. The van der Waals surface area contributed by atoms with Crippen LogP contribution in [0.5, 0.6) is 17.2 Å². The minimum atomic E-state index is 0.270. The van der Waals surface area contributed by atoms with Crippen molar-refractivity contribution in [2.75, 3.05) is 13.9 Å². The van der Waals surface area contributed by atoms with Gasteiger partial charge in [0.1, 0.15) is 11.6 Å². The molecule has 25 heavy (non-hydrogen) atoms. The molecule has 2 heterocycles. The molecule has 0 bridgehead atoms. The number of ether oxygens (including phenoxy) is 3. The third-order valence-electron chi connectivity index (χ3n) is 4.14. The van der Waals surface area contributed by atoms with Crippen molar-refractivity contribution in [3.63, 3.8) is 0 Å². The van der Waals surface area contributed by atoms with Crippen molar-refractivity contribution >= 4 is 12.2 Å². The highest BCUT2D eigenvalue weighted by molar-refractivity contribution is 7.71. The van der Waals surface area contributed by atoms with Crippen LogP contribution in [0.25, 0.3) is 0 Å². The summed E-state index contributed by atoms with van der Waals surface area (Å²) in [6.45, 7) is 0.893. The van der Waals surface area contributed by atoms with Gasteiger partial charge in [-0.1, -0.05) is 18.2 Å². The molecule has 3 aromatic rings. The lowest BCUT2D eigenvalue weighted by Gasteiger charge is -2.08. The lowest BCUT2D eigenvalue weighted by molar-refractivity contribution is 0.174. The molecule has 0 spiro atoms. The molecule has 0 radical (unpaired) electrons. The minimum Gasteiger partial charge on any atom is -0.497 e. The van der Waals surface area contributed by atoms with Crippen LogP contribution in [0.1, 0.15) is 17.0 Å². The molecule has 0 unspecified atom stereocenters. The second-order valence-corrected chi connectivity index (χ2v) is 6.13. The number of benzene rings is 2. The number of nitrogens with zero attached hydrogens (tertiary/aromatic N) is 2. The molecule has 0 amide bonds. The van der Waals surface area contributed by atoms with E-state index in [0.29, 0.717) is 17.7 Å². The van der Waals surface area contributed by atoms with Crippen LogP contribution >= 0.6 is 12.2 Å². The summed E-state index contributed by atoms with van der Waals surface area (Å²) in [4.78, 5) is 0. The van der Waals surface area contributed by atoms with Gasteiger partial charge in [-0.05, 0) is 47.6 Å². The van der Waals surface area contributed by atoms with Crippen LogP contribution in [0, 0.1) is 4.77 Å². The van der Waals surface area contributed by atoms with Gasteiger partial charge in [0.15, 0.2) is 16.3 Å². The van der Waals surface area contributed by atoms with Crippen molar-refractivity contribution in [2.24, 2.45) is 0 Å². The highest BCUT2D eigenvalue weighted by atomic mass is 32.1. The van der Waals surface area contributed by atoms with Crippen molar-refractivity contribution in [1.29, 1.82) is 0 Å². The fourth-order valence-corrected chi connectivity index (χ4v) is 3.01. The molecule has 0 atom stereocenters. The Balaban J connectivity index is 1.58. The number of H-pyrrole nitrogens is 1. The van der Waals surface area contributed by atoms with Gasteiger partial charge in [-0.15, -0.1) is 0 Å². The first-order chi connectivity index (χ1) is 12.2. The Morgan fingerprint density at radius 1 is 1.12 bits per heavy atom. The maximum atomic E-state index is 5.44. The Morgan fingerprint density at radius 2 is 1.88 bits per heavy atom. The second-order valence-electron chi connectivity index (χ2n) is 5.74. The van der Waals surface area contributed by atoms with Gasteiger partial charge in [-0.3, -0.25) is 9.67 Å². The van der Waals surface area contributed by atoms with E-state index < -0.39 is 0 Å². The van der Waals surface area contributed by atoms with Crippen LogP contribution in [-0.4, -0.2) is 28.7 Å². The third-order valence-corrected chi connectivity index (χ3v) is 4.45. The average Bonchev–Trinajstić information content (AvgIpc) is 3.23. The van der Waals surface area contributed by atoms with Gasteiger partial charge in [0, 0.05) is 6.42 Å². The first kappa shape index (κ1) is 15.7. The predicted molar refractivity (Wildman–Crippen MR) is 94.9 cm³/mol. The lowest BCUT2D eigenvalue weighted by atomic mass is 10.1. The van der Waals surface area contributed by atoms with Gasteiger partial charge in [-0.2, -0.15) is 5.10 Å². The fourth-order valence-electron chi connectivity index (χ4n) is 2.80. The zero-order chi connectivity index (χ0) is 17.2. The lowest BCUT2D eigenvalue weighted by Crippen LogP contribution is -2.06. The Morgan fingerprint density at radius 3 is 2.68 bits per heavy atom. The zero-order valence-corrected chi connectivity index (χ0v) is 14.5. The molecule has 6 nitrogen and oxygen atoms in total. The smallest absolute Gasteiger partial charge is 0.231 e. The van der Waals surface area contributed by atoms with Crippen LogP contribution < -0.4 is 14.2 Å². The fraction of sp³-hybridized carbons (Fsp3) is 0.222. The average molecular weight is 355 g/mol. The van der Waals surface area contributed by atoms with Crippen LogP contribution in [0.4, 0.5) is 0 Å². The first-order valence-corrected chi connectivity index (χ1v) is 8.29. The Hall–Kier alpha value is -2.80. The summed E-state index contributed by atoms with van der Waals surface area (Å²) in [6, 6.07) is 13.9. The van der Waals surface area contributed by atoms with Gasteiger partial charge in [0.2, 0.25) is 6.79 Å². The summed E-state index contributed by atoms with van der Waals surface area (Å²) < 4.78 is 18.6. The van der Waals surface area contributed by atoms with Gasteiger partial charge < -0.3 is 14.2 Å². The number of aromatic amines is 1. The molecule has 1 aromatic heterocycles. The number of hydrogen-bond donors (Lipinski definition) is 1. The molecule has 0 saturated heterocycles. The Labute approximate surface area is 150 Å². The van der Waals surface area contributed by atoms with Crippen molar-refractivity contribution in [3.8, 4) is 17.2 Å². The van der Waals surface area contributed by atoms with Gasteiger partial charge in [-0.25, -0.2) is 0 Å². The number of aromatic nitrogens is 3. The molecule has 7 heteroatoms. The number of methoxy groups -OCH3 is 1. The molecule has 2 aromatic carbocycles. The van der Waals surface area contributed by atoms with Gasteiger partial charge in [0.25, 0.3) is 0 Å². The number of nitrogens with one attached hydrogen (secondary N) is 1. The Bertz CT molecular complexity index is 947. The number of hydrogen-bond acceptors (Lipinski definition) is 5. The SMILES string of the molecule is COc1ccc(Cc2n[nH]c(=S)n2Cc2ccc3c(c2)OCO3)cc1. The van der Waals surface area contributed by atoms with E-state index in [9.17, 15) is 0 Å². The monoisotopic (exact) mass is 355 g/mol. The van der Waals surface area contributed by atoms with E-state index in [1.165, 1.54) is 0 Å². The van der Waals surface area contributed by atoms with Crippen LogP contribution in [0.15, 0.2) is 42.5 Å². The van der Waals surface area contributed by atoms with Crippen molar-refractivity contribution in [3.05, 3.63) is 64.2 Å². The zero-order valence-electron chi connectivity index (χ0n) is 13.7. The molecule has 1 N–H and O–H groups in total. The summed E-state index contributed by atoms with van der Waals surface area (Å²) in [5.74, 6) is 3.26. The maximum Gasteiger partial charge on any atom is 0.231 e. The van der Waals surface area contributed by atoms with Crippen LogP contribution in [0.2, 0.25) is 0 Å². The second kappa shape index (κ2) is 6.60. The standard InChI is InChI=1S/C18H17N3O3S/c1-22-14-5-2-12(3-6-14)9-17-19-20-18(25)21(17)10-13-4-7-15-16(8-13)24-11-23-15/h2-8H,9-11H2,1H3,(H,20,25). The summed E-state index contributed by atoms with van der Waals surface area (Å²) in [5.41, 5.74) is 2.22. The molecule has 0 fully saturated rings. The normalized spacial score (nSPS) is 12.4. The highest BCUT2D eigenvalue weighted by Gasteiger charge is 2.14. The summed E-state index contributed by atoms with van der Waals surface area (Å²) in [6.07, 6.45) is 0.682. The molecule has 128 valence electrons. The summed E-state index contributed by atoms with van der Waals surface area (Å²) in [5, 5.41) is 7.27. The molecule has 1 aliphatic rings. The van der Waals surface area contributed by atoms with Gasteiger partial charge in [0.05, 0.1) is 13.7 Å². The van der Waals surface area contributed by atoms with Crippen molar-refractivity contribution in [2.45, 2.75) is 13.0 Å². The van der Waals surface area contributed by atoms with Gasteiger partial charge >= 0.3 is 0 Å². The molecule has 0 aliphatic carbocycles. The van der Waals surface area contributed by atoms with E-state index in [-0.39, 0.29) is 6.79 Å². The molecule has 1 aliphatic heterocycles. The van der Waals surface area contributed by atoms with E-state index >= 15 is 0 Å². The van der Waals surface area contributed by atoms with Crippen molar-refractivity contribution < 1.29 is 14.2 Å². The van der Waals surface area contributed by atoms with E-state index in [1.54, 1.807) is 7.11 Å². The molecular formula is C18H17N3O3S. The van der Waals surface area contributed by atoms with E-state index in [2.05, 4.69) is 10.2 Å². The summed E-state index contributed by atoms with van der Waals surface area (Å²) >= 11 is 5.40.